The highest BCUT2D eigenvalue weighted by molar-refractivity contribution is 5.71. The molecule has 6 heteroatoms. The first kappa shape index (κ1) is 71.8. The van der Waals surface area contributed by atoms with Gasteiger partial charge in [0.05, 0.1) is 0 Å². The van der Waals surface area contributed by atoms with Gasteiger partial charge in [0, 0.05) is 19.3 Å². The molecule has 432 valence electrons. The summed E-state index contributed by atoms with van der Waals surface area (Å²) in [6, 6.07) is 0. The third-order valence-electron chi connectivity index (χ3n) is 13.2. The number of carbonyl (C=O) groups excluding carboxylic acids is 3. The van der Waals surface area contributed by atoms with Gasteiger partial charge in [-0.15, -0.1) is 0 Å². The highest BCUT2D eigenvalue weighted by Crippen LogP contribution is 2.15. The smallest absolute Gasteiger partial charge is 0.306 e. The molecule has 0 aromatic carbocycles. The molecule has 0 spiro atoms. The van der Waals surface area contributed by atoms with Gasteiger partial charge in [-0.1, -0.05) is 258 Å². The van der Waals surface area contributed by atoms with Crippen molar-refractivity contribution in [2.24, 2.45) is 0 Å². The Labute approximate surface area is 469 Å². The molecule has 1 atom stereocenters. The van der Waals surface area contributed by atoms with Crippen LogP contribution >= 0.6 is 0 Å². The van der Waals surface area contributed by atoms with Gasteiger partial charge in [0.2, 0.25) is 0 Å². The van der Waals surface area contributed by atoms with E-state index in [1.165, 1.54) is 96.3 Å². The standard InChI is InChI=1S/C70H116O6/c1-4-7-10-13-16-19-22-25-28-31-34-35-37-39-42-45-48-51-54-57-60-63-69(72)75-66-67(65-74-68(71)62-59-56-53-50-47-44-41-38-33-30-27-24-21-18-15-12-9-6-3)76-70(73)64-61-58-55-52-49-46-43-40-36-32-29-26-23-20-17-14-11-8-5-2/h7-8,10-11,16-17,19-20,25-26,28-30,33-36,39-40,42,67H,4-6,9,12-15,18,21-24,27,31-32,37-38,41,43-66H2,1-3H3/b10-7-,11-8-,19-16-,20-17-,28-25-,29-26-,33-30-,35-34-,40-36-,42-39-. The molecule has 76 heavy (non-hydrogen) atoms. The molecule has 0 aromatic rings. The lowest BCUT2D eigenvalue weighted by atomic mass is 10.1. The van der Waals surface area contributed by atoms with Gasteiger partial charge in [-0.05, 0) is 128 Å². The zero-order valence-electron chi connectivity index (χ0n) is 49.5. The van der Waals surface area contributed by atoms with Crippen LogP contribution in [0.4, 0.5) is 0 Å². The van der Waals surface area contributed by atoms with Crippen molar-refractivity contribution in [1.82, 2.24) is 0 Å². The second-order valence-corrected chi connectivity index (χ2v) is 20.5. The first-order valence-electron chi connectivity index (χ1n) is 31.5. The molecule has 0 N–H and O–H groups in total. The van der Waals surface area contributed by atoms with Crippen LogP contribution in [-0.2, 0) is 28.6 Å². The van der Waals surface area contributed by atoms with Gasteiger partial charge < -0.3 is 14.2 Å². The van der Waals surface area contributed by atoms with Gasteiger partial charge in [0.1, 0.15) is 13.2 Å². The minimum absolute atomic E-state index is 0.0947. The van der Waals surface area contributed by atoms with E-state index in [1.807, 2.05) is 0 Å². The maximum Gasteiger partial charge on any atom is 0.306 e. The van der Waals surface area contributed by atoms with Crippen LogP contribution in [0.25, 0.3) is 0 Å². The average molecular weight is 1050 g/mol. The van der Waals surface area contributed by atoms with Crippen LogP contribution in [0.15, 0.2) is 122 Å². The van der Waals surface area contributed by atoms with E-state index in [9.17, 15) is 14.4 Å². The van der Waals surface area contributed by atoms with Crippen LogP contribution in [-0.4, -0.2) is 37.2 Å². The van der Waals surface area contributed by atoms with Crippen LogP contribution < -0.4 is 0 Å². The van der Waals surface area contributed by atoms with E-state index in [1.54, 1.807) is 0 Å². The minimum atomic E-state index is -0.801. The number of allylic oxidation sites excluding steroid dienone is 20. The molecule has 0 aliphatic carbocycles. The number of ether oxygens (including phenoxy) is 3. The van der Waals surface area contributed by atoms with Crippen LogP contribution in [0, 0.1) is 0 Å². The van der Waals surface area contributed by atoms with Crippen molar-refractivity contribution in [2.75, 3.05) is 13.2 Å². The first-order valence-corrected chi connectivity index (χ1v) is 31.5. The highest BCUT2D eigenvalue weighted by Gasteiger charge is 2.19. The predicted molar refractivity (Wildman–Crippen MR) is 330 cm³/mol. The Kier molecular flexibility index (Phi) is 59.9. The molecule has 0 aliphatic rings. The fourth-order valence-electron chi connectivity index (χ4n) is 8.51. The Morgan fingerprint density at radius 1 is 0.276 bits per heavy atom. The summed E-state index contributed by atoms with van der Waals surface area (Å²) in [6.45, 7) is 6.40. The zero-order valence-corrected chi connectivity index (χ0v) is 49.5. The SMILES string of the molecule is CC/C=C\C/C=C\C/C=C\C/C=C\C/C=C\CCCCCCCC(=O)OCC(COC(=O)CCCCCCCCC/C=C\CCCCCCCCC)OC(=O)CCCCCCCC/C=C\C/C=C\C/C=C\C/C=C\CC. The fourth-order valence-corrected chi connectivity index (χ4v) is 8.51. The van der Waals surface area contributed by atoms with Crippen molar-refractivity contribution in [1.29, 1.82) is 0 Å². The Hall–Kier alpha value is -4.19. The molecule has 0 aromatic heterocycles. The van der Waals surface area contributed by atoms with Gasteiger partial charge in [-0.3, -0.25) is 14.4 Å². The largest absolute Gasteiger partial charge is 0.462 e. The Bertz CT molecular complexity index is 1590. The normalized spacial score (nSPS) is 12.9. The van der Waals surface area contributed by atoms with E-state index >= 15 is 0 Å². The molecule has 6 nitrogen and oxygen atoms in total. The summed E-state index contributed by atoms with van der Waals surface area (Å²) in [5, 5.41) is 0. The van der Waals surface area contributed by atoms with Crippen molar-refractivity contribution in [3.8, 4) is 0 Å². The molecule has 0 amide bonds. The summed E-state index contributed by atoms with van der Waals surface area (Å²) < 4.78 is 16.9. The molecule has 0 aliphatic heterocycles. The van der Waals surface area contributed by atoms with Crippen LogP contribution in [0.5, 0.6) is 0 Å². The minimum Gasteiger partial charge on any atom is -0.462 e. The maximum atomic E-state index is 12.9. The molecule has 0 radical (unpaired) electrons. The molecule has 0 fully saturated rings. The summed E-state index contributed by atoms with van der Waals surface area (Å²) in [7, 11) is 0. The number of carbonyl (C=O) groups is 3. The van der Waals surface area contributed by atoms with Gasteiger partial charge in [0.15, 0.2) is 6.10 Å². The van der Waals surface area contributed by atoms with Crippen molar-refractivity contribution >= 4 is 17.9 Å². The van der Waals surface area contributed by atoms with Gasteiger partial charge in [0.25, 0.3) is 0 Å². The van der Waals surface area contributed by atoms with Gasteiger partial charge in [-0.25, -0.2) is 0 Å². The van der Waals surface area contributed by atoms with E-state index in [-0.39, 0.29) is 31.1 Å². The van der Waals surface area contributed by atoms with E-state index in [0.717, 1.165) is 148 Å². The van der Waals surface area contributed by atoms with E-state index in [4.69, 9.17) is 14.2 Å². The summed E-state index contributed by atoms with van der Waals surface area (Å²) in [4.78, 5) is 38.3. The number of hydrogen-bond acceptors (Lipinski definition) is 6. The monoisotopic (exact) mass is 1050 g/mol. The third-order valence-corrected chi connectivity index (χ3v) is 13.2. The number of hydrogen-bond donors (Lipinski definition) is 0. The number of esters is 3. The van der Waals surface area contributed by atoms with Crippen LogP contribution in [0.2, 0.25) is 0 Å². The first-order chi connectivity index (χ1) is 37.5. The van der Waals surface area contributed by atoms with E-state index in [0.29, 0.717) is 19.3 Å². The Morgan fingerprint density at radius 2 is 0.513 bits per heavy atom. The second kappa shape index (κ2) is 63.3. The Balaban J connectivity index is 4.47. The lowest BCUT2D eigenvalue weighted by Gasteiger charge is -2.18. The summed E-state index contributed by atoms with van der Waals surface area (Å²) in [5.74, 6) is -0.928. The third kappa shape index (κ3) is 60.7. The Morgan fingerprint density at radius 3 is 0.816 bits per heavy atom. The predicted octanol–water partition coefficient (Wildman–Crippen LogP) is 21.6. The number of unbranched alkanes of at least 4 members (excludes halogenated alkanes) is 25. The topological polar surface area (TPSA) is 78.9 Å². The zero-order chi connectivity index (χ0) is 55.0. The van der Waals surface area contributed by atoms with Crippen molar-refractivity contribution in [2.45, 2.75) is 290 Å². The summed E-state index contributed by atoms with van der Waals surface area (Å²) in [6.07, 6.45) is 87.6. The highest BCUT2D eigenvalue weighted by atomic mass is 16.6. The fraction of sp³-hybridized carbons (Fsp3) is 0.671. The van der Waals surface area contributed by atoms with Gasteiger partial charge in [-0.2, -0.15) is 0 Å². The molecule has 0 bridgehead atoms. The quantitative estimate of drug-likeness (QED) is 0.0261. The maximum absolute atomic E-state index is 12.9. The number of rotatable bonds is 56. The lowest BCUT2D eigenvalue weighted by molar-refractivity contribution is -0.167. The average Bonchev–Trinajstić information content (AvgIpc) is 3.42. The summed E-state index contributed by atoms with van der Waals surface area (Å²) >= 11 is 0. The van der Waals surface area contributed by atoms with Crippen molar-refractivity contribution in [3.05, 3.63) is 122 Å². The second-order valence-electron chi connectivity index (χ2n) is 20.5. The summed E-state index contributed by atoms with van der Waals surface area (Å²) in [5.41, 5.74) is 0. The van der Waals surface area contributed by atoms with Crippen molar-refractivity contribution in [3.63, 3.8) is 0 Å². The molecular weight excluding hydrogens is 937 g/mol. The van der Waals surface area contributed by atoms with E-state index in [2.05, 4.69) is 142 Å². The molecule has 0 saturated carbocycles. The molecule has 0 rings (SSSR count). The van der Waals surface area contributed by atoms with Gasteiger partial charge >= 0.3 is 17.9 Å². The van der Waals surface area contributed by atoms with E-state index < -0.39 is 6.10 Å². The molecule has 0 heterocycles. The van der Waals surface area contributed by atoms with Crippen LogP contribution in [0.1, 0.15) is 284 Å². The lowest BCUT2D eigenvalue weighted by Crippen LogP contribution is -2.30. The van der Waals surface area contributed by atoms with Crippen LogP contribution in [0.3, 0.4) is 0 Å². The molecular formula is C70H116O6. The van der Waals surface area contributed by atoms with Crippen molar-refractivity contribution < 1.29 is 28.6 Å². The molecule has 1 unspecified atom stereocenters. The molecule has 0 saturated heterocycles.